The van der Waals surface area contributed by atoms with Crippen molar-refractivity contribution in [2.75, 3.05) is 37.5 Å². The van der Waals surface area contributed by atoms with Gasteiger partial charge in [-0.05, 0) is 30.9 Å². The lowest BCUT2D eigenvalue weighted by Gasteiger charge is -2.12. The number of hydrogen-bond donors (Lipinski definition) is 3. The van der Waals surface area contributed by atoms with Crippen LogP contribution in [0.25, 0.3) is 0 Å². The lowest BCUT2D eigenvalue weighted by molar-refractivity contribution is 0.413. The Hall–Kier alpha value is -1.97. The van der Waals surface area contributed by atoms with E-state index in [0.29, 0.717) is 34.2 Å². The molecule has 0 amide bonds. The molecule has 2 aromatic rings. The van der Waals surface area contributed by atoms with Crippen LogP contribution in [0.3, 0.4) is 0 Å². The number of methoxy groups -OCH3 is 1. The van der Waals surface area contributed by atoms with Crippen LogP contribution in [0.5, 0.6) is 5.75 Å². The van der Waals surface area contributed by atoms with Crippen LogP contribution in [-0.4, -0.2) is 41.3 Å². The number of nitrogen functional groups attached to an aromatic ring is 1. The van der Waals surface area contributed by atoms with Gasteiger partial charge >= 0.3 is 0 Å². The van der Waals surface area contributed by atoms with Gasteiger partial charge in [0.15, 0.2) is 0 Å². The Labute approximate surface area is 155 Å². The molecule has 134 valence electrons. The first-order valence-electron chi connectivity index (χ1n) is 7.57. The molecule has 2 rings (SSSR count). The largest absolute Gasteiger partial charge is 0.496 e. The smallest absolute Gasteiger partial charge is 0.224 e. The van der Waals surface area contributed by atoms with E-state index in [4.69, 9.17) is 22.7 Å². The van der Waals surface area contributed by atoms with Crippen molar-refractivity contribution >= 4 is 40.8 Å². The molecule has 4 N–H and O–H groups in total. The van der Waals surface area contributed by atoms with E-state index in [1.807, 2.05) is 6.26 Å². The van der Waals surface area contributed by atoms with Crippen molar-refractivity contribution in [1.29, 1.82) is 0 Å². The van der Waals surface area contributed by atoms with Gasteiger partial charge in [-0.15, -0.1) is 0 Å². The third-order valence-electron chi connectivity index (χ3n) is 3.35. The van der Waals surface area contributed by atoms with Crippen LogP contribution in [0, 0.1) is 5.82 Å². The number of thiocarbonyl (C=S) groups is 1. The number of halogens is 1. The van der Waals surface area contributed by atoms with E-state index in [9.17, 15) is 4.39 Å². The third-order valence-corrected chi connectivity index (χ3v) is 4.28. The fourth-order valence-corrected chi connectivity index (χ4v) is 2.79. The summed E-state index contributed by atoms with van der Waals surface area (Å²) >= 11 is 7.01. The summed E-state index contributed by atoms with van der Waals surface area (Å²) in [7, 11) is 1.50. The van der Waals surface area contributed by atoms with Crippen LogP contribution in [-0.2, 0) is 0 Å². The second kappa shape index (κ2) is 9.50. The van der Waals surface area contributed by atoms with Crippen LogP contribution in [0.1, 0.15) is 17.5 Å². The molecule has 0 radical (unpaired) electrons. The molecule has 0 aliphatic rings. The van der Waals surface area contributed by atoms with Gasteiger partial charge < -0.3 is 15.8 Å². The molecule has 0 spiro atoms. The Kier molecular flexibility index (Phi) is 7.35. The molecule has 25 heavy (non-hydrogen) atoms. The number of rotatable bonds is 9. The van der Waals surface area contributed by atoms with Crippen molar-refractivity contribution in [2.45, 2.75) is 6.42 Å². The molecule has 0 atom stereocenters. The minimum Gasteiger partial charge on any atom is -0.496 e. The first kappa shape index (κ1) is 19.4. The molecule has 1 aromatic carbocycles. The summed E-state index contributed by atoms with van der Waals surface area (Å²) in [6.07, 6.45) is 4.44. The standard InChI is InChI=1S/C16H20FN5OS2/c1-23-13-5-4-10(17)8-11(13)14(24)12-9-20-16(22-15(12)18)19-6-3-7-21-25-2/h4-5,8-9,21H,3,6-7H2,1-2H3,(H3,18,19,20,22). The van der Waals surface area contributed by atoms with E-state index in [1.54, 1.807) is 11.9 Å². The molecule has 0 fully saturated rings. The average molecular weight is 382 g/mol. The highest BCUT2D eigenvalue weighted by molar-refractivity contribution is 7.96. The van der Waals surface area contributed by atoms with Gasteiger partial charge in [0.1, 0.15) is 17.4 Å². The van der Waals surface area contributed by atoms with Crippen molar-refractivity contribution < 1.29 is 9.13 Å². The topological polar surface area (TPSA) is 85.1 Å². The van der Waals surface area contributed by atoms with Crippen molar-refractivity contribution in [2.24, 2.45) is 0 Å². The van der Waals surface area contributed by atoms with E-state index in [0.717, 1.165) is 13.0 Å². The predicted molar refractivity (Wildman–Crippen MR) is 105 cm³/mol. The molecule has 0 aliphatic carbocycles. The molecule has 0 saturated carbocycles. The second-order valence-electron chi connectivity index (χ2n) is 5.05. The molecule has 0 aliphatic heterocycles. The van der Waals surface area contributed by atoms with E-state index >= 15 is 0 Å². The lowest BCUT2D eigenvalue weighted by Crippen LogP contribution is -2.14. The molecule has 0 bridgehead atoms. The minimum absolute atomic E-state index is 0.232. The van der Waals surface area contributed by atoms with Gasteiger partial charge in [-0.3, -0.25) is 4.72 Å². The van der Waals surface area contributed by atoms with Crippen molar-refractivity contribution in [3.63, 3.8) is 0 Å². The quantitative estimate of drug-likeness (QED) is 0.265. The summed E-state index contributed by atoms with van der Waals surface area (Å²) in [6.45, 7) is 1.60. The number of aromatic nitrogens is 2. The number of nitrogens with one attached hydrogen (secondary N) is 2. The van der Waals surface area contributed by atoms with E-state index in [1.165, 1.54) is 31.5 Å². The number of nitrogens with two attached hydrogens (primary N) is 1. The lowest BCUT2D eigenvalue weighted by atomic mass is 10.1. The molecule has 6 nitrogen and oxygen atoms in total. The normalized spacial score (nSPS) is 10.5. The maximum Gasteiger partial charge on any atom is 0.224 e. The third kappa shape index (κ3) is 5.25. The van der Waals surface area contributed by atoms with E-state index < -0.39 is 5.82 Å². The molecule has 0 unspecified atom stereocenters. The Balaban J connectivity index is 2.12. The van der Waals surface area contributed by atoms with Gasteiger partial charge in [0, 0.05) is 24.8 Å². The highest BCUT2D eigenvalue weighted by atomic mass is 32.2. The Morgan fingerprint density at radius 1 is 1.36 bits per heavy atom. The first-order valence-corrected chi connectivity index (χ1v) is 9.20. The van der Waals surface area contributed by atoms with Gasteiger partial charge in [0.25, 0.3) is 0 Å². The number of nitrogens with zero attached hydrogens (tertiary/aromatic N) is 2. The predicted octanol–water partition coefficient (Wildman–Crippen LogP) is 2.64. The maximum absolute atomic E-state index is 13.6. The highest BCUT2D eigenvalue weighted by Gasteiger charge is 2.16. The zero-order valence-electron chi connectivity index (χ0n) is 14.0. The van der Waals surface area contributed by atoms with E-state index in [-0.39, 0.29) is 5.82 Å². The van der Waals surface area contributed by atoms with E-state index in [2.05, 4.69) is 20.0 Å². The van der Waals surface area contributed by atoms with Crippen molar-refractivity contribution in [3.05, 3.63) is 41.3 Å². The molecule has 1 aromatic heterocycles. The van der Waals surface area contributed by atoms with Gasteiger partial charge in [0.05, 0.1) is 17.5 Å². The SMILES string of the molecule is COc1ccc(F)cc1C(=S)c1cnc(NCCCNSC)nc1N. The summed E-state index contributed by atoms with van der Waals surface area (Å²) in [6, 6.07) is 4.14. The maximum atomic E-state index is 13.6. The van der Waals surface area contributed by atoms with Crippen LogP contribution in [0.15, 0.2) is 24.4 Å². The summed E-state index contributed by atoms with van der Waals surface area (Å²) < 4.78 is 21.9. The zero-order chi connectivity index (χ0) is 18.2. The van der Waals surface area contributed by atoms with Crippen LogP contribution in [0.2, 0.25) is 0 Å². The fourth-order valence-electron chi connectivity index (χ4n) is 2.12. The van der Waals surface area contributed by atoms with Gasteiger partial charge in [-0.1, -0.05) is 24.2 Å². The first-order chi connectivity index (χ1) is 12.1. The number of hydrogen-bond acceptors (Lipinski definition) is 8. The fraction of sp³-hybridized carbons (Fsp3) is 0.312. The van der Waals surface area contributed by atoms with Crippen LogP contribution < -0.4 is 20.5 Å². The van der Waals surface area contributed by atoms with Crippen molar-refractivity contribution in [3.8, 4) is 5.75 Å². The highest BCUT2D eigenvalue weighted by Crippen LogP contribution is 2.25. The van der Waals surface area contributed by atoms with Gasteiger partial charge in [0.2, 0.25) is 5.95 Å². The molecule has 0 saturated heterocycles. The zero-order valence-corrected chi connectivity index (χ0v) is 15.6. The minimum atomic E-state index is -0.408. The summed E-state index contributed by atoms with van der Waals surface area (Å²) in [4.78, 5) is 8.79. The summed E-state index contributed by atoms with van der Waals surface area (Å²) in [5, 5.41) is 3.10. The summed E-state index contributed by atoms with van der Waals surface area (Å²) in [5.74, 6) is 0.722. The van der Waals surface area contributed by atoms with Crippen LogP contribution >= 0.6 is 24.2 Å². The van der Waals surface area contributed by atoms with Crippen LogP contribution in [0.4, 0.5) is 16.2 Å². The number of ether oxygens (including phenoxy) is 1. The molecular formula is C16H20FN5OS2. The van der Waals surface area contributed by atoms with Gasteiger partial charge in [-0.25, -0.2) is 9.37 Å². The average Bonchev–Trinajstić information content (AvgIpc) is 2.61. The van der Waals surface area contributed by atoms with Gasteiger partial charge in [-0.2, -0.15) is 4.98 Å². The molecule has 1 heterocycles. The molecular weight excluding hydrogens is 361 g/mol. The molecule has 9 heteroatoms. The Morgan fingerprint density at radius 3 is 2.84 bits per heavy atom. The number of benzene rings is 1. The number of anilines is 2. The monoisotopic (exact) mass is 381 g/mol. The Morgan fingerprint density at radius 2 is 2.16 bits per heavy atom. The Bertz CT molecular complexity index is 744. The summed E-state index contributed by atoms with van der Waals surface area (Å²) in [5.41, 5.74) is 6.92. The van der Waals surface area contributed by atoms with Crippen molar-refractivity contribution in [1.82, 2.24) is 14.7 Å². The second-order valence-corrected chi connectivity index (χ2v) is 6.15.